The minimum absolute atomic E-state index is 0.0159. The fraction of sp³-hybridized carbons (Fsp3) is 0.846. The molecule has 370 valence electrons. The van der Waals surface area contributed by atoms with Crippen molar-refractivity contribution < 1.29 is 42.7 Å². The summed E-state index contributed by atoms with van der Waals surface area (Å²) in [6, 6.07) is -1.47. The van der Waals surface area contributed by atoms with Gasteiger partial charge in [0.2, 0.25) is 0 Å². The largest absolute Gasteiger partial charge is 0.480 e. The van der Waals surface area contributed by atoms with Gasteiger partial charge < -0.3 is 25.2 Å². The smallest absolute Gasteiger partial charge is 0.472 e. The van der Waals surface area contributed by atoms with Gasteiger partial charge in [0.1, 0.15) is 12.1 Å². The van der Waals surface area contributed by atoms with Crippen LogP contribution >= 0.6 is 7.82 Å². The molecule has 3 atom stereocenters. The Morgan fingerprint density at radius 3 is 1.30 bits per heavy atom. The fourth-order valence-corrected chi connectivity index (χ4v) is 8.11. The van der Waals surface area contributed by atoms with Crippen molar-refractivity contribution in [2.75, 3.05) is 26.4 Å². The summed E-state index contributed by atoms with van der Waals surface area (Å²) in [7, 11) is -4.62. The maximum absolute atomic E-state index is 12.7. The van der Waals surface area contributed by atoms with Crippen LogP contribution in [0.15, 0.2) is 36.5 Å². The lowest BCUT2D eigenvalue weighted by atomic mass is 10.0. The molecule has 0 aliphatic heterocycles. The molecular formula is C52H98NO9P. The quantitative estimate of drug-likeness (QED) is 0.0232. The van der Waals surface area contributed by atoms with E-state index in [4.69, 9.17) is 29.4 Å². The Bertz CT molecular complexity index is 1150. The van der Waals surface area contributed by atoms with E-state index in [-0.39, 0.29) is 13.0 Å². The van der Waals surface area contributed by atoms with E-state index in [1.165, 1.54) is 173 Å². The highest BCUT2D eigenvalue weighted by Gasteiger charge is 2.27. The van der Waals surface area contributed by atoms with E-state index in [1.54, 1.807) is 0 Å². The van der Waals surface area contributed by atoms with E-state index >= 15 is 0 Å². The monoisotopic (exact) mass is 912 g/mol. The Morgan fingerprint density at radius 2 is 0.873 bits per heavy atom. The lowest BCUT2D eigenvalue weighted by Crippen LogP contribution is -2.34. The highest BCUT2D eigenvalue weighted by atomic mass is 31.2. The second kappa shape index (κ2) is 48.1. The van der Waals surface area contributed by atoms with Gasteiger partial charge in [0.25, 0.3) is 0 Å². The number of allylic oxidation sites excluding steroid dienone is 6. The maximum Gasteiger partial charge on any atom is 0.472 e. The van der Waals surface area contributed by atoms with Gasteiger partial charge >= 0.3 is 19.8 Å². The molecule has 4 N–H and O–H groups in total. The van der Waals surface area contributed by atoms with Crippen molar-refractivity contribution in [3.8, 4) is 0 Å². The summed E-state index contributed by atoms with van der Waals surface area (Å²) >= 11 is 0. The number of esters is 1. The molecule has 0 bridgehead atoms. The molecule has 0 aliphatic rings. The molecule has 0 amide bonds. The van der Waals surface area contributed by atoms with Crippen LogP contribution in [0.2, 0.25) is 0 Å². The number of nitrogens with two attached hydrogens (primary N) is 1. The number of phosphoric acid groups is 1. The van der Waals surface area contributed by atoms with Crippen molar-refractivity contribution in [3.05, 3.63) is 36.5 Å². The first-order chi connectivity index (χ1) is 30.7. The third-order valence-electron chi connectivity index (χ3n) is 11.4. The maximum atomic E-state index is 12.7. The van der Waals surface area contributed by atoms with Crippen LogP contribution < -0.4 is 5.73 Å². The lowest BCUT2D eigenvalue weighted by Gasteiger charge is -2.20. The Kier molecular flexibility index (Phi) is 46.7. The SMILES string of the molecule is CCCCCCC/C=C\C/C=C\CCCCCCCCCCCCCC(=O)OC(COCCCCCCCCCC/C=C\CCCCCCCC)COP(=O)(O)OCC(N)C(=O)O. The average molecular weight is 912 g/mol. The zero-order chi connectivity index (χ0) is 46.2. The summed E-state index contributed by atoms with van der Waals surface area (Å²) < 4.78 is 33.5. The summed E-state index contributed by atoms with van der Waals surface area (Å²) in [6.45, 7) is 3.90. The average Bonchev–Trinajstić information content (AvgIpc) is 3.26. The molecule has 11 heteroatoms. The Balaban J connectivity index is 4.12. The van der Waals surface area contributed by atoms with Crippen molar-refractivity contribution in [2.45, 2.75) is 257 Å². The van der Waals surface area contributed by atoms with Gasteiger partial charge in [-0.15, -0.1) is 0 Å². The molecular weight excluding hydrogens is 814 g/mol. The van der Waals surface area contributed by atoms with Crippen molar-refractivity contribution in [1.29, 1.82) is 0 Å². The van der Waals surface area contributed by atoms with Gasteiger partial charge in [-0.3, -0.25) is 18.6 Å². The summed E-state index contributed by atoms with van der Waals surface area (Å²) in [5.74, 6) is -1.77. The van der Waals surface area contributed by atoms with Gasteiger partial charge in [-0.25, -0.2) is 4.57 Å². The van der Waals surface area contributed by atoms with Gasteiger partial charge in [-0.2, -0.15) is 0 Å². The third kappa shape index (κ3) is 48.0. The number of carbonyl (C=O) groups is 2. The highest BCUT2D eigenvalue weighted by Crippen LogP contribution is 2.43. The Hall–Kier alpha value is -1.81. The number of carboxylic acids is 1. The van der Waals surface area contributed by atoms with E-state index in [0.717, 1.165) is 44.9 Å². The van der Waals surface area contributed by atoms with Gasteiger partial charge in [-0.1, -0.05) is 204 Å². The molecule has 63 heavy (non-hydrogen) atoms. The normalized spacial score (nSPS) is 14.0. The van der Waals surface area contributed by atoms with Crippen LogP contribution in [0.4, 0.5) is 0 Å². The molecule has 0 fully saturated rings. The minimum Gasteiger partial charge on any atom is -0.480 e. The van der Waals surface area contributed by atoms with Crippen LogP contribution in [-0.4, -0.2) is 60.5 Å². The molecule has 0 radical (unpaired) electrons. The van der Waals surface area contributed by atoms with E-state index in [1.807, 2.05) is 0 Å². The van der Waals surface area contributed by atoms with Gasteiger partial charge in [-0.05, 0) is 70.6 Å². The van der Waals surface area contributed by atoms with Crippen molar-refractivity contribution in [3.63, 3.8) is 0 Å². The van der Waals surface area contributed by atoms with E-state index in [9.17, 15) is 19.0 Å². The van der Waals surface area contributed by atoms with Crippen molar-refractivity contribution >= 4 is 19.8 Å². The summed E-state index contributed by atoms with van der Waals surface area (Å²) in [5.41, 5.74) is 5.38. The minimum atomic E-state index is -4.62. The number of phosphoric ester groups is 1. The number of unbranched alkanes of at least 4 members (excludes halogenated alkanes) is 30. The number of ether oxygens (including phenoxy) is 2. The van der Waals surface area contributed by atoms with E-state index < -0.39 is 45.1 Å². The Morgan fingerprint density at radius 1 is 0.508 bits per heavy atom. The van der Waals surface area contributed by atoms with Crippen LogP contribution in [0.25, 0.3) is 0 Å². The number of aliphatic carboxylic acids is 1. The van der Waals surface area contributed by atoms with Crippen LogP contribution in [0.3, 0.4) is 0 Å². The molecule has 0 spiro atoms. The molecule has 0 aliphatic carbocycles. The van der Waals surface area contributed by atoms with Gasteiger partial charge in [0, 0.05) is 13.0 Å². The predicted molar refractivity (Wildman–Crippen MR) is 263 cm³/mol. The van der Waals surface area contributed by atoms with Crippen LogP contribution in [0, 0.1) is 0 Å². The van der Waals surface area contributed by atoms with Gasteiger partial charge in [0.15, 0.2) is 0 Å². The van der Waals surface area contributed by atoms with Crippen LogP contribution in [0.5, 0.6) is 0 Å². The molecule has 0 heterocycles. The first-order valence-corrected chi connectivity index (χ1v) is 27.5. The lowest BCUT2D eigenvalue weighted by molar-refractivity contribution is -0.154. The summed E-state index contributed by atoms with van der Waals surface area (Å²) in [5, 5.41) is 8.93. The third-order valence-corrected chi connectivity index (χ3v) is 12.3. The topological polar surface area (TPSA) is 155 Å². The standard InChI is InChI=1S/C52H98NO9P/c1-3-5-7-9-11-13-15-17-19-21-23-24-25-26-27-28-30-32-34-36-38-40-42-44-51(54)62-49(47-60-63(57,58)61-48-50(53)52(55)56)46-59-45-43-41-39-37-35-33-31-29-22-20-18-16-14-12-10-8-6-4-2/h15,17-18,20-21,23,49-50H,3-14,16,19,22,24-48,53H2,1-2H3,(H,55,56)(H,57,58)/b17-15-,20-18-,23-21-. The zero-order valence-electron chi connectivity index (χ0n) is 40.7. The Labute approximate surface area is 387 Å². The van der Waals surface area contributed by atoms with Crippen LogP contribution in [-0.2, 0) is 32.7 Å². The number of carbonyl (C=O) groups excluding carboxylic acids is 1. The molecule has 3 unspecified atom stereocenters. The van der Waals surface area contributed by atoms with E-state index in [0.29, 0.717) is 13.0 Å². The second-order valence-electron chi connectivity index (χ2n) is 17.6. The number of carboxylic acid groups (broad SMARTS) is 1. The zero-order valence-corrected chi connectivity index (χ0v) is 41.6. The fourth-order valence-electron chi connectivity index (χ4n) is 7.34. The first-order valence-electron chi connectivity index (χ1n) is 26.0. The number of hydrogen-bond acceptors (Lipinski definition) is 8. The molecule has 0 rings (SSSR count). The summed E-state index contributed by atoms with van der Waals surface area (Å²) in [6.07, 6.45) is 56.3. The molecule has 0 aromatic rings. The van der Waals surface area contributed by atoms with Crippen LogP contribution in [0.1, 0.15) is 245 Å². The second-order valence-corrected chi connectivity index (χ2v) is 19.1. The molecule has 0 saturated carbocycles. The van der Waals surface area contributed by atoms with Gasteiger partial charge in [0.05, 0.1) is 19.8 Å². The molecule has 10 nitrogen and oxygen atoms in total. The first kappa shape index (κ1) is 61.2. The van der Waals surface area contributed by atoms with Crippen molar-refractivity contribution in [2.24, 2.45) is 5.73 Å². The van der Waals surface area contributed by atoms with Crippen molar-refractivity contribution in [1.82, 2.24) is 0 Å². The number of hydrogen-bond donors (Lipinski definition) is 3. The number of rotatable bonds is 50. The molecule has 0 aromatic heterocycles. The molecule has 0 aromatic carbocycles. The van der Waals surface area contributed by atoms with E-state index in [2.05, 4.69) is 50.3 Å². The molecule has 0 saturated heterocycles. The highest BCUT2D eigenvalue weighted by molar-refractivity contribution is 7.47. The summed E-state index contributed by atoms with van der Waals surface area (Å²) in [4.78, 5) is 33.7. The predicted octanol–water partition coefficient (Wildman–Crippen LogP) is 15.2.